The van der Waals surface area contributed by atoms with Crippen LogP contribution in [0.15, 0.2) is 0 Å². The number of hydrogen-bond acceptors (Lipinski definition) is 4. The number of likely N-dealkylation sites (tertiary alicyclic amines) is 1. The monoisotopic (exact) mass is 355 g/mol. The van der Waals surface area contributed by atoms with Crippen LogP contribution < -0.4 is 0 Å². The standard InChI is InChI=1S/C20H37NO4/c1-15(2)14-17(18(22)23)16(19(24)25-20(3,4)5)10-9-13-21-11-7-6-8-12-21/h15-17H,6-14H2,1-5H3,(H,22,23)/t16?,17-/m1/s1. The van der Waals surface area contributed by atoms with Crippen LogP contribution >= 0.6 is 0 Å². The summed E-state index contributed by atoms with van der Waals surface area (Å²) in [6, 6.07) is 0. The number of hydrogen-bond donors (Lipinski definition) is 1. The van der Waals surface area contributed by atoms with Crippen molar-refractivity contribution in [2.75, 3.05) is 19.6 Å². The second-order valence-corrected chi connectivity index (χ2v) is 8.76. The number of carboxylic acid groups (broad SMARTS) is 1. The van der Waals surface area contributed by atoms with Gasteiger partial charge < -0.3 is 14.7 Å². The second-order valence-electron chi connectivity index (χ2n) is 8.76. The van der Waals surface area contributed by atoms with Gasteiger partial charge in [0.2, 0.25) is 0 Å². The Morgan fingerprint density at radius 3 is 2.16 bits per heavy atom. The molecule has 5 heteroatoms. The van der Waals surface area contributed by atoms with E-state index in [0.29, 0.717) is 12.8 Å². The van der Waals surface area contributed by atoms with Crippen molar-refractivity contribution in [3.63, 3.8) is 0 Å². The highest BCUT2D eigenvalue weighted by molar-refractivity contribution is 5.81. The Labute approximate surface area is 153 Å². The SMILES string of the molecule is CC(C)C[C@@H](C(=O)O)C(CCCN1CCCCC1)C(=O)OC(C)(C)C. The van der Waals surface area contributed by atoms with Crippen molar-refractivity contribution in [3.8, 4) is 0 Å². The van der Waals surface area contributed by atoms with Gasteiger partial charge in [-0.25, -0.2) is 0 Å². The number of carbonyl (C=O) groups is 2. The Hall–Kier alpha value is -1.10. The Balaban J connectivity index is 2.74. The minimum atomic E-state index is -0.887. The first-order valence-electron chi connectivity index (χ1n) is 9.78. The third kappa shape index (κ3) is 8.70. The lowest BCUT2D eigenvalue weighted by Crippen LogP contribution is -2.37. The van der Waals surface area contributed by atoms with Crippen LogP contribution in [-0.2, 0) is 14.3 Å². The fraction of sp³-hybridized carbons (Fsp3) is 0.900. The van der Waals surface area contributed by atoms with Crippen molar-refractivity contribution in [2.24, 2.45) is 17.8 Å². The summed E-state index contributed by atoms with van der Waals surface area (Å²) < 4.78 is 5.54. The number of aliphatic carboxylic acids is 1. The minimum absolute atomic E-state index is 0.230. The van der Waals surface area contributed by atoms with Crippen LogP contribution in [0.1, 0.15) is 73.1 Å². The molecule has 1 saturated heterocycles. The molecule has 0 aromatic heterocycles. The Bertz CT molecular complexity index is 422. The predicted molar refractivity (Wildman–Crippen MR) is 99.4 cm³/mol. The topological polar surface area (TPSA) is 66.8 Å². The van der Waals surface area contributed by atoms with E-state index < -0.39 is 23.4 Å². The summed E-state index contributed by atoms with van der Waals surface area (Å²) in [7, 11) is 0. The fourth-order valence-electron chi connectivity index (χ4n) is 3.52. The third-order valence-corrected chi connectivity index (χ3v) is 4.68. The summed E-state index contributed by atoms with van der Waals surface area (Å²) >= 11 is 0. The van der Waals surface area contributed by atoms with Gasteiger partial charge >= 0.3 is 11.9 Å². The van der Waals surface area contributed by atoms with Gasteiger partial charge in [-0.05, 0) is 78.4 Å². The lowest BCUT2D eigenvalue weighted by atomic mass is 9.82. The van der Waals surface area contributed by atoms with Crippen molar-refractivity contribution >= 4 is 11.9 Å². The molecule has 0 amide bonds. The average molecular weight is 356 g/mol. The van der Waals surface area contributed by atoms with E-state index in [1.807, 2.05) is 34.6 Å². The van der Waals surface area contributed by atoms with Crippen LogP contribution in [0.4, 0.5) is 0 Å². The normalized spacial score (nSPS) is 18.8. The number of ether oxygens (including phenoxy) is 1. The maximum atomic E-state index is 12.7. The molecule has 0 aliphatic carbocycles. The van der Waals surface area contributed by atoms with Gasteiger partial charge in [0.1, 0.15) is 5.60 Å². The molecule has 1 unspecified atom stereocenters. The van der Waals surface area contributed by atoms with E-state index in [2.05, 4.69) is 4.90 Å². The molecule has 146 valence electrons. The van der Waals surface area contributed by atoms with Gasteiger partial charge in [0.15, 0.2) is 0 Å². The Kier molecular flexibility index (Phi) is 8.91. The van der Waals surface area contributed by atoms with E-state index in [0.717, 1.165) is 26.1 Å². The zero-order valence-corrected chi connectivity index (χ0v) is 16.7. The average Bonchev–Trinajstić information content (AvgIpc) is 2.48. The van der Waals surface area contributed by atoms with Gasteiger partial charge in [0, 0.05) is 0 Å². The van der Waals surface area contributed by atoms with Crippen LogP contribution in [-0.4, -0.2) is 47.2 Å². The highest BCUT2D eigenvalue weighted by atomic mass is 16.6. The third-order valence-electron chi connectivity index (χ3n) is 4.68. The van der Waals surface area contributed by atoms with Crippen LogP contribution in [0.5, 0.6) is 0 Å². The van der Waals surface area contributed by atoms with Crippen molar-refractivity contribution in [2.45, 2.75) is 78.7 Å². The van der Waals surface area contributed by atoms with Gasteiger partial charge in [-0.1, -0.05) is 20.3 Å². The predicted octanol–water partition coefficient (Wildman–Crippen LogP) is 3.96. The fourth-order valence-corrected chi connectivity index (χ4v) is 3.52. The van der Waals surface area contributed by atoms with E-state index in [1.54, 1.807) is 0 Å². The highest BCUT2D eigenvalue weighted by Gasteiger charge is 2.36. The molecule has 0 spiro atoms. The first kappa shape index (κ1) is 21.9. The van der Waals surface area contributed by atoms with E-state index in [4.69, 9.17) is 4.74 Å². The molecular weight excluding hydrogens is 318 g/mol. The number of rotatable bonds is 9. The van der Waals surface area contributed by atoms with Crippen molar-refractivity contribution in [3.05, 3.63) is 0 Å². The molecule has 0 radical (unpaired) electrons. The summed E-state index contributed by atoms with van der Waals surface area (Å²) in [6.07, 6.45) is 5.69. The van der Waals surface area contributed by atoms with Gasteiger partial charge in [-0.2, -0.15) is 0 Å². The molecule has 1 heterocycles. The van der Waals surface area contributed by atoms with Crippen molar-refractivity contribution < 1.29 is 19.4 Å². The number of carbonyl (C=O) groups excluding carboxylic acids is 1. The zero-order valence-electron chi connectivity index (χ0n) is 16.7. The Morgan fingerprint density at radius 2 is 1.68 bits per heavy atom. The summed E-state index contributed by atoms with van der Waals surface area (Å²) in [5.41, 5.74) is -0.594. The molecule has 0 aromatic rings. The summed E-state index contributed by atoms with van der Waals surface area (Å²) in [5.74, 6) is -2.25. The quantitative estimate of drug-likeness (QED) is 0.634. The molecule has 1 fully saturated rings. The number of carboxylic acids is 1. The van der Waals surface area contributed by atoms with Crippen LogP contribution in [0.2, 0.25) is 0 Å². The summed E-state index contributed by atoms with van der Waals surface area (Å²) in [4.78, 5) is 26.9. The summed E-state index contributed by atoms with van der Waals surface area (Å²) in [5, 5.41) is 9.67. The molecule has 1 N–H and O–H groups in total. The number of esters is 1. The maximum Gasteiger partial charge on any atom is 0.310 e. The van der Waals surface area contributed by atoms with Gasteiger partial charge in [0.05, 0.1) is 11.8 Å². The summed E-state index contributed by atoms with van der Waals surface area (Å²) in [6.45, 7) is 12.6. The van der Waals surface area contributed by atoms with Crippen molar-refractivity contribution in [1.82, 2.24) is 4.90 Å². The molecule has 0 bridgehead atoms. The molecule has 1 aliphatic heterocycles. The van der Waals surface area contributed by atoms with Gasteiger partial charge in [-0.15, -0.1) is 0 Å². The first-order valence-corrected chi connectivity index (χ1v) is 9.78. The molecule has 1 aliphatic rings. The van der Waals surface area contributed by atoms with E-state index in [9.17, 15) is 14.7 Å². The molecule has 2 atom stereocenters. The zero-order chi connectivity index (χ0) is 19.0. The van der Waals surface area contributed by atoms with E-state index in [-0.39, 0.29) is 11.9 Å². The molecule has 1 rings (SSSR count). The molecule has 0 aromatic carbocycles. The van der Waals surface area contributed by atoms with Crippen molar-refractivity contribution in [1.29, 1.82) is 0 Å². The van der Waals surface area contributed by atoms with E-state index in [1.165, 1.54) is 19.3 Å². The lowest BCUT2D eigenvalue weighted by Gasteiger charge is -2.30. The second kappa shape index (κ2) is 10.1. The number of piperidine rings is 1. The smallest absolute Gasteiger partial charge is 0.310 e. The highest BCUT2D eigenvalue weighted by Crippen LogP contribution is 2.28. The molecule has 25 heavy (non-hydrogen) atoms. The molecular formula is C20H37NO4. The largest absolute Gasteiger partial charge is 0.481 e. The van der Waals surface area contributed by atoms with Crippen LogP contribution in [0.25, 0.3) is 0 Å². The lowest BCUT2D eigenvalue weighted by molar-refractivity contribution is -0.167. The Morgan fingerprint density at radius 1 is 1.08 bits per heavy atom. The molecule has 0 saturated carbocycles. The minimum Gasteiger partial charge on any atom is -0.481 e. The van der Waals surface area contributed by atoms with Gasteiger partial charge in [-0.3, -0.25) is 9.59 Å². The number of nitrogens with zero attached hydrogens (tertiary/aromatic N) is 1. The first-order chi connectivity index (χ1) is 11.6. The van der Waals surface area contributed by atoms with Gasteiger partial charge in [0.25, 0.3) is 0 Å². The maximum absolute atomic E-state index is 12.7. The van der Waals surface area contributed by atoms with Crippen LogP contribution in [0, 0.1) is 17.8 Å². The van der Waals surface area contributed by atoms with E-state index >= 15 is 0 Å². The van der Waals surface area contributed by atoms with Crippen LogP contribution in [0.3, 0.4) is 0 Å². The molecule has 5 nitrogen and oxygen atoms in total.